The van der Waals surface area contributed by atoms with Gasteiger partial charge in [0.2, 0.25) is 5.91 Å². The van der Waals surface area contributed by atoms with Crippen LogP contribution in [0.15, 0.2) is 18.2 Å². The molecule has 0 radical (unpaired) electrons. The second kappa shape index (κ2) is 7.14. The number of ether oxygens (including phenoxy) is 1. The molecule has 1 atom stereocenters. The summed E-state index contributed by atoms with van der Waals surface area (Å²) in [5.74, 6) is 0.617. The number of methoxy groups -OCH3 is 1. The van der Waals surface area contributed by atoms with E-state index in [-0.39, 0.29) is 18.3 Å². The smallest absolute Gasteiger partial charge is 0.241 e. The maximum absolute atomic E-state index is 11.6. The van der Waals surface area contributed by atoms with Gasteiger partial charge in [0.15, 0.2) is 0 Å². The first-order chi connectivity index (χ1) is 7.58. The monoisotopic (exact) mass is 258 g/mol. The zero-order valence-corrected chi connectivity index (χ0v) is 11.1. The molecule has 0 bridgehead atoms. The molecule has 4 nitrogen and oxygen atoms in total. The van der Waals surface area contributed by atoms with Crippen LogP contribution in [0.2, 0.25) is 0 Å². The molecule has 1 aromatic rings. The van der Waals surface area contributed by atoms with Crippen molar-refractivity contribution >= 4 is 24.0 Å². The number of carbonyl (C=O) groups is 1. The molecule has 0 aliphatic rings. The van der Waals surface area contributed by atoms with Gasteiger partial charge >= 0.3 is 0 Å². The van der Waals surface area contributed by atoms with Crippen LogP contribution in [-0.4, -0.2) is 19.1 Å². The van der Waals surface area contributed by atoms with Crippen molar-refractivity contribution in [3.8, 4) is 5.75 Å². The van der Waals surface area contributed by atoms with E-state index in [1.807, 2.05) is 26.0 Å². The molecule has 1 aromatic carbocycles. The maximum atomic E-state index is 11.6. The fourth-order valence-electron chi connectivity index (χ4n) is 1.31. The van der Waals surface area contributed by atoms with Crippen LogP contribution in [0.3, 0.4) is 0 Å². The molecular weight excluding hydrogens is 240 g/mol. The van der Waals surface area contributed by atoms with E-state index in [1.54, 1.807) is 13.2 Å². The van der Waals surface area contributed by atoms with Gasteiger partial charge in [-0.05, 0) is 37.1 Å². The lowest BCUT2D eigenvalue weighted by Gasteiger charge is -2.12. The lowest BCUT2D eigenvalue weighted by Crippen LogP contribution is -2.34. The molecule has 0 aliphatic heterocycles. The molecule has 0 saturated heterocycles. The fourth-order valence-corrected chi connectivity index (χ4v) is 1.31. The molecule has 0 heterocycles. The molecule has 0 unspecified atom stereocenters. The molecule has 0 spiro atoms. The zero-order chi connectivity index (χ0) is 12.1. The Morgan fingerprint density at radius 3 is 2.65 bits per heavy atom. The van der Waals surface area contributed by atoms with E-state index in [0.717, 1.165) is 17.0 Å². The summed E-state index contributed by atoms with van der Waals surface area (Å²) in [6.07, 6.45) is 0.626. The molecule has 0 aromatic heterocycles. The molecule has 17 heavy (non-hydrogen) atoms. The van der Waals surface area contributed by atoms with Crippen molar-refractivity contribution < 1.29 is 9.53 Å². The standard InChI is InChI=1S/C12H18N2O2.ClH/c1-4-10(13)12(15)14-11-6-5-9(16-3)7-8(11)2;/h5-7,10H,4,13H2,1-3H3,(H,14,15);1H/t10-;/m0./s1. The number of amides is 1. The number of rotatable bonds is 4. The molecular formula is C12H19ClN2O2. The first-order valence-electron chi connectivity index (χ1n) is 5.29. The number of nitrogens with one attached hydrogen (secondary N) is 1. The van der Waals surface area contributed by atoms with Crippen molar-refractivity contribution in [2.45, 2.75) is 26.3 Å². The van der Waals surface area contributed by atoms with Gasteiger partial charge in [0, 0.05) is 5.69 Å². The number of benzene rings is 1. The topological polar surface area (TPSA) is 64.4 Å². The van der Waals surface area contributed by atoms with E-state index in [1.165, 1.54) is 0 Å². The van der Waals surface area contributed by atoms with E-state index in [4.69, 9.17) is 10.5 Å². The van der Waals surface area contributed by atoms with E-state index in [2.05, 4.69) is 5.32 Å². The number of hydrogen-bond donors (Lipinski definition) is 2. The Balaban J connectivity index is 0.00000256. The van der Waals surface area contributed by atoms with E-state index in [0.29, 0.717) is 6.42 Å². The largest absolute Gasteiger partial charge is 0.497 e. The SMILES string of the molecule is CC[C@H](N)C(=O)Nc1ccc(OC)cc1C.Cl. The number of hydrogen-bond acceptors (Lipinski definition) is 3. The highest BCUT2D eigenvalue weighted by molar-refractivity contribution is 5.95. The minimum Gasteiger partial charge on any atom is -0.497 e. The summed E-state index contributed by atoms with van der Waals surface area (Å²) >= 11 is 0. The Labute approximate surface area is 108 Å². The van der Waals surface area contributed by atoms with Crippen molar-refractivity contribution in [2.24, 2.45) is 5.73 Å². The zero-order valence-electron chi connectivity index (χ0n) is 10.3. The number of aryl methyl sites for hydroxylation is 1. The predicted octanol–water partition coefficient (Wildman–Crippen LogP) is 2.10. The summed E-state index contributed by atoms with van der Waals surface area (Å²) in [6.45, 7) is 3.79. The average molecular weight is 259 g/mol. The van der Waals surface area contributed by atoms with Crippen LogP contribution in [0.25, 0.3) is 0 Å². The Hall–Kier alpha value is -1.26. The van der Waals surface area contributed by atoms with Crippen molar-refractivity contribution in [2.75, 3.05) is 12.4 Å². The van der Waals surface area contributed by atoms with Gasteiger partial charge in [-0.2, -0.15) is 0 Å². The van der Waals surface area contributed by atoms with Gasteiger partial charge in [0.05, 0.1) is 13.2 Å². The number of halogens is 1. The fraction of sp³-hybridized carbons (Fsp3) is 0.417. The normalized spacial score (nSPS) is 11.3. The Bertz CT molecular complexity index is 383. The van der Waals surface area contributed by atoms with Gasteiger partial charge in [-0.1, -0.05) is 6.92 Å². The second-order valence-electron chi connectivity index (χ2n) is 3.68. The van der Waals surface area contributed by atoms with Crippen LogP contribution in [0.5, 0.6) is 5.75 Å². The second-order valence-corrected chi connectivity index (χ2v) is 3.68. The molecule has 3 N–H and O–H groups in total. The molecule has 0 saturated carbocycles. The van der Waals surface area contributed by atoms with Gasteiger partial charge in [0.25, 0.3) is 0 Å². The minimum atomic E-state index is -0.457. The van der Waals surface area contributed by atoms with Crippen LogP contribution in [0, 0.1) is 6.92 Å². The van der Waals surface area contributed by atoms with Gasteiger partial charge in [0.1, 0.15) is 5.75 Å². The van der Waals surface area contributed by atoms with Crippen molar-refractivity contribution in [3.63, 3.8) is 0 Å². The van der Waals surface area contributed by atoms with Gasteiger partial charge in [-0.3, -0.25) is 4.79 Å². The van der Waals surface area contributed by atoms with Crippen LogP contribution in [0.4, 0.5) is 5.69 Å². The highest BCUT2D eigenvalue weighted by atomic mass is 35.5. The van der Waals surface area contributed by atoms with E-state index < -0.39 is 6.04 Å². The quantitative estimate of drug-likeness (QED) is 0.869. The summed E-state index contributed by atoms with van der Waals surface area (Å²) < 4.78 is 5.09. The lowest BCUT2D eigenvalue weighted by atomic mass is 10.1. The Morgan fingerprint density at radius 1 is 1.53 bits per heavy atom. The summed E-state index contributed by atoms with van der Waals surface area (Å²) in [6, 6.07) is 5.03. The highest BCUT2D eigenvalue weighted by Gasteiger charge is 2.12. The van der Waals surface area contributed by atoms with Crippen molar-refractivity contribution in [1.82, 2.24) is 0 Å². The molecule has 1 rings (SSSR count). The van der Waals surface area contributed by atoms with Crippen LogP contribution >= 0.6 is 12.4 Å². The van der Waals surface area contributed by atoms with Crippen LogP contribution in [-0.2, 0) is 4.79 Å². The predicted molar refractivity (Wildman–Crippen MR) is 71.9 cm³/mol. The van der Waals surface area contributed by atoms with Crippen LogP contribution < -0.4 is 15.8 Å². The van der Waals surface area contributed by atoms with Crippen molar-refractivity contribution in [3.05, 3.63) is 23.8 Å². The number of anilines is 1. The first kappa shape index (κ1) is 15.7. The molecule has 5 heteroatoms. The number of nitrogens with two attached hydrogens (primary N) is 1. The number of carbonyl (C=O) groups excluding carboxylic acids is 1. The van der Waals surface area contributed by atoms with Gasteiger partial charge < -0.3 is 15.8 Å². The van der Waals surface area contributed by atoms with Crippen LogP contribution in [0.1, 0.15) is 18.9 Å². The third kappa shape index (κ3) is 4.24. The summed E-state index contributed by atoms with van der Waals surface area (Å²) in [7, 11) is 1.61. The molecule has 0 aliphatic carbocycles. The third-order valence-electron chi connectivity index (χ3n) is 2.47. The van der Waals surface area contributed by atoms with Crippen molar-refractivity contribution in [1.29, 1.82) is 0 Å². The summed E-state index contributed by atoms with van der Waals surface area (Å²) in [4.78, 5) is 11.6. The minimum absolute atomic E-state index is 0. The van der Waals surface area contributed by atoms with E-state index >= 15 is 0 Å². The Morgan fingerprint density at radius 2 is 2.18 bits per heavy atom. The third-order valence-corrected chi connectivity index (χ3v) is 2.47. The maximum Gasteiger partial charge on any atom is 0.241 e. The van der Waals surface area contributed by atoms with Gasteiger partial charge in [-0.15, -0.1) is 12.4 Å². The first-order valence-corrected chi connectivity index (χ1v) is 5.29. The average Bonchev–Trinajstić information content (AvgIpc) is 2.30. The summed E-state index contributed by atoms with van der Waals surface area (Å²) in [5, 5.41) is 2.79. The Kier molecular flexibility index (Phi) is 6.61. The molecule has 1 amide bonds. The lowest BCUT2D eigenvalue weighted by molar-refractivity contribution is -0.117. The molecule has 0 fully saturated rings. The van der Waals surface area contributed by atoms with E-state index in [9.17, 15) is 4.79 Å². The highest BCUT2D eigenvalue weighted by Crippen LogP contribution is 2.21. The van der Waals surface area contributed by atoms with Gasteiger partial charge in [-0.25, -0.2) is 0 Å². The summed E-state index contributed by atoms with van der Waals surface area (Å²) in [5.41, 5.74) is 7.36. The molecule has 96 valence electrons.